The first-order valence-electron chi connectivity index (χ1n) is 5.30. The Hall–Kier alpha value is -1.23. The Bertz CT molecular complexity index is 611. The van der Waals surface area contributed by atoms with E-state index in [2.05, 4.69) is 22.5 Å². The SMILES string of the molecule is C=CCN(Cc1cc(Br)ccc1F)S(=O)(=O)CC#N. The van der Waals surface area contributed by atoms with E-state index in [4.69, 9.17) is 5.26 Å². The Morgan fingerprint density at radius 1 is 1.53 bits per heavy atom. The number of nitrogens with zero attached hydrogens (tertiary/aromatic N) is 2. The topological polar surface area (TPSA) is 61.2 Å². The molecule has 7 heteroatoms. The molecule has 0 saturated carbocycles. The van der Waals surface area contributed by atoms with Gasteiger partial charge in [0.15, 0.2) is 5.75 Å². The Labute approximate surface area is 120 Å². The standard InChI is InChI=1S/C12H12BrFN2O2S/c1-2-6-16(19(17,18)7-5-15)9-10-8-11(13)3-4-12(10)14/h2-4,8H,1,6-7,9H2. The molecule has 0 saturated heterocycles. The second-order valence-corrected chi connectivity index (χ2v) is 6.62. The smallest absolute Gasteiger partial charge is 0.211 e. The van der Waals surface area contributed by atoms with Gasteiger partial charge in [-0.3, -0.25) is 0 Å². The lowest BCUT2D eigenvalue weighted by Gasteiger charge is -2.19. The summed E-state index contributed by atoms with van der Waals surface area (Å²) in [6, 6.07) is 5.88. The van der Waals surface area contributed by atoms with Crippen molar-refractivity contribution in [2.75, 3.05) is 12.3 Å². The van der Waals surface area contributed by atoms with Gasteiger partial charge in [-0.2, -0.15) is 9.57 Å². The minimum Gasteiger partial charge on any atom is -0.211 e. The molecule has 0 amide bonds. The second-order valence-electron chi connectivity index (χ2n) is 3.73. The van der Waals surface area contributed by atoms with E-state index in [1.165, 1.54) is 24.3 Å². The van der Waals surface area contributed by atoms with Crippen LogP contribution in [0.3, 0.4) is 0 Å². The van der Waals surface area contributed by atoms with Crippen LogP contribution in [0, 0.1) is 17.1 Å². The molecule has 0 atom stereocenters. The number of nitriles is 1. The summed E-state index contributed by atoms with van der Waals surface area (Å²) in [4.78, 5) is 0. The minimum absolute atomic E-state index is 0.0238. The Kier molecular flexibility index (Phi) is 5.66. The van der Waals surface area contributed by atoms with Crippen molar-refractivity contribution in [3.05, 3.63) is 46.7 Å². The number of rotatable bonds is 6. The number of hydrogen-bond donors (Lipinski definition) is 0. The van der Waals surface area contributed by atoms with Crippen LogP contribution < -0.4 is 0 Å². The molecule has 1 rings (SSSR count). The fourth-order valence-corrected chi connectivity index (χ4v) is 2.87. The van der Waals surface area contributed by atoms with Gasteiger partial charge in [-0.15, -0.1) is 6.58 Å². The fraction of sp³-hybridized carbons (Fsp3) is 0.250. The largest absolute Gasteiger partial charge is 0.228 e. The van der Waals surface area contributed by atoms with Gasteiger partial charge in [0.25, 0.3) is 0 Å². The molecular weight excluding hydrogens is 335 g/mol. The molecule has 102 valence electrons. The van der Waals surface area contributed by atoms with Crippen LogP contribution in [0.15, 0.2) is 35.3 Å². The van der Waals surface area contributed by atoms with Crippen molar-refractivity contribution in [2.24, 2.45) is 0 Å². The third-order valence-corrected chi connectivity index (χ3v) is 4.38. The van der Waals surface area contributed by atoms with Gasteiger partial charge in [0, 0.05) is 23.1 Å². The van der Waals surface area contributed by atoms with Crippen molar-refractivity contribution in [1.82, 2.24) is 4.31 Å². The molecule has 0 aromatic heterocycles. The fourth-order valence-electron chi connectivity index (χ4n) is 1.45. The van der Waals surface area contributed by atoms with Gasteiger partial charge < -0.3 is 0 Å². The zero-order valence-corrected chi connectivity index (χ0v) is 12.4. The molecule has 0 heterocycles. The van der Waals surface area contributed by atoms with Crippen LogP contribution in [-0.2, 0) is 16.6 Å². The summed E-state index contributed by atoms with van der Waals surface area (Å²) in [7, 11) is -3.74. The third-order valence-electron chi connectivity index (χ3n) is 2.33. The van der Waals surface area contributed by atoms with Crippen LogP contribution in [0.25, 0.3) is 0 Å². The van der Waals surface area contributed by atoms with Crippen LogP contribution in [0.2, 0.25) is 0 Å². The van der Waals surface area contributed by atoms with Crippen molar-refractivity contribution in [3.63, 3.8) is 0 Å². The molecule has 0 spiro atoms. The lowest BCUT2D eigenvalue weighted by Crippen LogP contribution is -2.32. The zero-order chi connectivity index (χ0) is 14.5. The number of sulfonamides is 1. The van der Waals surface area contributed by atoms with Gasteiger partial charge in [0.05, 0.1) is 6.07 Å². The molecule has 19 heavy (non-hydrogen) atoms. The van der Waals surface area contributed by atoms with Crippen LogP contribution in [0.4, 0.5) is 4.39 Å². The summed E-state index contributed by atoms with van der Waals surface area (Å²) in [6.45, 7) is 3.35. The van der Waals surface area contributed by atoms with E-state index < -0.39 is 21.6 Å². The molecule has 0 fully saturated rings. The minimum atomic E-state index is -3.74. The normalized spacial score (nSPS) is 11.3. The molecule has 0 aliphatic heterocycles. The predicted octanol–water partition coefficient (Wildman–Crippen LogP) is 2.43. The number of hydrogen-bond acceptors (Lipinski definition) is 3. The first-order chi connectivity index (χ1) is 8.90. The molecule has 0 aliphatic carbocycles. The van der Waals surface area contributed by atoms with E-state index in [1.807, 2.05) is 0 Å². The Morgan fingerprint density at radius 2 is 2.21 bits per heavy atom. The molecule has 0 N–H and O–H groups in total. The lowest BCUT2D eigenvalue weighted by atomic mass is 10.2. The molecule has 0 radical (unpaired) electrons. The highest BCUT2D eigenvalue weighted by atomic mass is 79.9. The maximum absolute atomic E-state index is 13.6. The van der Waals surface area contributed by atoms with Gasteiger partial charge in [0.2, 0.25) is 10.0 Å². The molecule has 4 nitrogen and oxygen atoms in total. The summed E-state index contributed by atoms with van der Waals surface area (Å²) >= 11 is 3.20. The monoisotopic (exact) mass is 346 g/mol. The van der Waals surface area contributed by atoms with Gasteiger partial charge >= 0.3 is 0 Å². The van der Waals surface area contributed by atoms with Crippen molar-refractivity contribution < 1.29 is 12.8 Å². The van der Waals surface area contributed by atoms with Crippen LogP contribution in [-0.4, -0.2) is 25.0 Å². The van der Waals surface area contributed by atoms with E-state index >= 15 is 0 Å². The maximum Gasteiger partial charge on any atom is 0.228 e. The molecule has 1 aromatic rings. The van der Waals surface area contributed by atoms with Crippen molar-refractivity contribution in [2.45, 2.75) is 6.54 Å². The molecule has 0 bridgehead atoms. The zero-order valence-electron chi connectivity index (χ0n) is 10.0. The van der Waals surface area contributed by atoms with E-state index in [-0.39, 0.29) is 18.7 Å². The number of benzene rings is 1. The van der Waals surface area contributed by atoms with Gasteiger partial charge in [-0.05, 0) is 18.2 Å². The van der Waals surface area contributed by atoms with Crippen LogP contribution >= 0.6 is 15.9 Å². The van der Waals surface area contributed by atoms with E-state index in [1.54, 1.807) is 6.07 Å². The molecule has 0 aliphatic rings. The second kappa shape index (κ2) is 6.80. The third kappa shape index (κ3) is 4.42. The highest BCUT2D eigenvalue weighted by Crippen LogP contribution is 2.18. The van der Waals surface area contributed by atoms with Gasteiger partial charge in [0.1, 0.15) is 5.82 Å². The summed E-state index contributed by atoms with van der Waals surface area (Å²) in [5.41, 5.74) is 0.234. The summed E-state index contributed by atoms with van der Waals surface area (Å²) in [6.07, 6.45) is 1.39. The van der Waals surface area contributed by atoms with Crippen molar-refractivity contribution in [1.29, 1.82) is 5.26 Å². The molecule has 0 unspecified atom stereocenters. The van der Waals surface area contributed by atoms with Gasteiger partial charge in [-0.25, -0.2) is 12.8 Å². The summed E-state index contributed by atoms with van der Waals surface area (Å²) < 4.78 is 39.0. The lowest BCUT2D eigenvalue weighted by molar-refractivity contribution is 0.431. The maximum atomic E-state index is 13.6. The summed E-state index contributed by atoms with van der Waals surface area (Å²) in [5.74, 6) is -1.14. The van der Waals surface area contributed by atoms with Gasteiger partial charge in [-0.1, -0.05) is 22.0 Å². The predicted molar refractivity (Wildman–Crippen MR) is 74.1 cm³/mol. The Morgan fingerprint density at radius 3 is 2.79 bits per heavy atom. The first kappa shape index (κ1) is 15.8. The summed E-state index contributed by atoms with van der Waals surface area (Å²) in [5, 5.41) is 8.52. The number of halogens is 2. The van der Waals surface area contributed by atoms with Crippen LogP contribution in [0.5, 0.6) is 0 Å². The quantitative estimate of drug-likeness (QED) is 0.743. The highest BCUT2D eigenvalue weighted by Gasteiger charge is 2.22. The van der Waals surface area contributed by atoms with E-state index in [9.17, 15) is 12.8 Å². The van der Waals surface area contributed by atoms with Crippen LogP contribution in [0.1, 0.15) is 5.56 Å². The molecular formula is C12H12BrFN2O2S. The van der Waals surface area contributed by atoms with Crippen molar-refractivity contribution >= 4 is 26.0 Å². The Balaban J connectivity index is 3.06. The molecule has 1 aromatic carbocycles. The first-order valence-corrected chi connectivity index (χ1v) is 7.70. The van der Waals surface area contributed by atoms with E-state index in [0.717, 1.165) is 4.31 Å². The average Bonchev–Trinajstić information content (AvgIpc) is 2.33. The average molecular weight is 347 g/mol. The van der Waals surface area contributed by atoms with Crippen molar-refractivity contribution in [3.8, 4) is 6.07 Å². The van der Waals surface area contributed by atoms with E-state index in [0.29, 0.717) is 4.47 Å². The highest BCUT2D eigenvalue weighted by molar-refractivity contribution is 9.10.